The molecule has 3 nitrogen and oxygen atoms in total. The molecule has 0 bridgehead atoms. The molecule has 0 aliphatic carbocycles. The molecular formula is H5NO2Si2. The van der Waals surface area contributed by atoms with Gasteiger partial charge in [-0.05, 0) is 0 Å². The van der Waals surface area contributed by atoms with Gasteiger partial charge in [0.05, 0.1) is 0 Å². The molecule has 2 N–H and O–H groups in total. The minimum Gasteiger partial charge on any atom is -0.573 e. The second kappa shape index (κ2) is 2.09. The largest absolute Gasteiger partial charge is 0.617 e. The van der Waals surface area contributed by atoms with Gasteiger partial charge < -0.3 is 14.0 Å². The first-order chi connectivity index (χ1) is 2.27. The lowest BCUT2D eigenvalue weighted by molar-refractivity contribution is 0.475. The van der Waals surface area contributed by atoms with Gasteiger partial charge >= 0.3 is 9.09 Å². The molecular weight excluding hydrogens is 102 g/mol. The van der Waals surface area contributed by atoms with E-state index in [0.717, 1.165) is 0 Å². The molecule has 0 rings (SSSR count). The average Bonchev–Trinajstić information content (AvgIpc) is 1.38. The van der Waals surface area contributed by atoms with Crippen LogP contribution in [0.4, 0.5) is 0 Å². The van der Waals surface area contributed by atoms with Crippen molar-refractivity contribution in [3.05, 3.63) is 0 Å². The Morgan fingerprint density at radius 2 is 2.20 bits per heavy atom. The minimum absolute atomic E-state index is 0.481. The van der Waals surface area contributed by atoms with E-state index in [2.05, 4.69) is 9.51 Å². The monoisotopic (exact) mass is 107 g/mol. The van der Waals surface area contributed by atoms with E-state index in [0.29, 0.717) is 10.5 Å². The Labute approximate surface area is 34.5 Å². The molecule has 0 aliphatic heterocycles. The van der Waals surface area contributed by atoms with Gasteiger partial charge in [0.15, 0.2) is 10.5 Å². The van der Waals surface area contributed by atoms with Gasteiger partial charge in [0.25, 0.3) is 0 Å². The summed E-state index contributed by atoms with van der Waals surface area (Å²) in [4.78, 5) is 0. The van der Waals surface area contributed by atoms with Crippen LogP contribution >= 0.6 is 0 Å². The molecule has 0 aromatic carbocycles. The number of hydrogen-bond acceptors (Lipinski definition) is 2. The number of rotatable bonds is 1. The molecule has 0 aromatic rings. The summed E-state index contributed by atoms with van der Waals surface area (Å²) in [6.07, 6.45) is 0. The van der Waals surface area contributed by atoms with E-state index in [1.165, 1.54) is 0 Å². The van der Waals surface area contributed by atoms with Crippen LogP contribution in [0.5, 0.6) is 0 Å². The maximum absolute atomic E-state index is 9.59. The molecule has 0 saturated carbocycles. The topological polar surface area (TPSA) is 52.3 Å². The van der Waals surface area contributed by atoms with Gasteiger partial charge in [-0.15, -0.1) is 0 Å². The van der Waals surface area contributed by atoms with Gasteiger partial charge in [0, 0.05) is 0 Å². The third-order valence-corrected chi connectivity index (χ3v) is 1.81. The van der Waals surface area contributed by atoms with Crippen LogP contribution in [0.15, 0.2) is 0 Å². The van der Waals surface area contributed by atoms with E-state index >= 15 is 0 Å². The van der Waals surface area contributed by atoms with Crippen LogP contribution in [0.2, 0.25) is 0 Å². The molecule has 5 heavy (non-hydrogen) atoms. The SMILES string of the molecule is N[Si](=O)O[SiH3]. The fourth-order valence-electron chi connectivity index (χ4n) is 0. The van der Waals surface area contributed by atoms with Gasteiger partial charge in [0.2, 0.25) is 0 Å². The third kappa shape index (κ3) is 3.83. The quantitative estimate of drug-likeness (QED) is 0.382. The zero-order chi connectivity index (χ0) is 4.28. The molecule has 0 aliphatic rings. The predicted octanol–water partition coefficient (Wildman–Crippen LogP) is -2.34. The molecule has 0 amide bonds. The summed E-state index contributed by atoms with van der Waals surface area (Å²) < 4.78 is 13.8. The lowest BCUT2D eigenvalue weighted by atomic mass is 13.9. The number of nitrogens with two attached hydrogens (primary N) is 1. The van der Waals surface area contributed by atoms with Crippen LogP contribution in [0.25, 0.3) is 0 Å². The highest BCUT2D eigenvalue weighted by molar-refractivity contribution is 6.36. The lowest BCUT2D eigenvalue weighted by Crippen LogP contribution is -2.16. The first-order valence-electron chi connectivity index (χ1n) is 1.11. The van der Waals surface area contributed by atoms with Crippen molar-refractivity contribution in [3.63, 3.8) is 0 Å². The van der Waals surface area contributed by atoms with Crippen molar-refractivity contribution in [2.45, 2.75) is 0 Å². The van der Waals surface area contributed by atoms with E-state index in [9.17, 15) is 4.46 Å². The van der Waals surface area contributed by atoms with Crippen molar-refractivity contribution in [2.24, 2.45) is 5.40 Å². The van der Waals surface area contributed by atoms with Crippen LogP contribution in [0.1, 0.15) is 0 Å². The summed E-state index contributed by atoms with van der Waals surface area (Å²) in [5.74, 6) is 0. The predicted molar refractivity (Wildman–Crippen MR) is 21.7 cm³/mol. The molecule has 0 spiro atoms. The summed E-state index contributed by atoms with van der Waals surface area (Å²) in [6.45, 7) is 0. The second-order valence-corrected chi connectivity index (χ2v) is 2.79. The lowest BCUT2D eigenvalue weighted by Gasteiger charge is -1.80. The third-order valence-electron chi connectivity index (χ3n) is 0.201. The summed E-state index contributed by atoms with van der Waals surface area (Å²) in [5, 5.41) is 4.65. The van der Waals surface area contributed by atoms with E-state index < -0.39 is 9.09 Å². The first-order valence-corrected chi connectivity index (χ1v) is 3.32. The zero-order valence-electron chi connectivity index (χ0n) is 2.89. The Bertz CT molecular complexity index is 42.9. The van der Waals surface area contributed by atoms with Gasteiger partial charge in [-0.1, -0.05) is 0 Å². The fourth-order valence-corrected chi connectivity index (χ4v) is 0. The Morgan fingerprint density at radius 3 is 2.20 bits per heavy atom. The minimum atomic E-state index is -2.06. The molecule has 0 fully saturated rings. The van der Waals surface area contributed by atoms with Crippen LogP contribution < -0.4 is 5.40 Å². The van der Waals surface area contributed by atoms with Crippen molar-refractivity contribution in [1.82, 2.24) is 0 Å². The molecule has 5 heteroatoms. The van der Waals surface area contributed by atoms with E-state index in [4.69, 9.17) is 0 Å². The first kappa shape index (κ1) is 4.83. The summed E-state index contributed by atoms with van der Waals surface area (Å²) in [7, 11) is -1.58. The summed E-state index contributed by atoms with van der Waals surface area (Å²) in [5.41, 5.74) is 0. The summed E-state index contributed by atoms with van der Waals surface area (Å²) in [6, 6.07) is 0. The maximum atomic E-state index is 9.59. The Kier molecular flexibility index (Phi) is 2.02. The standard InChI is InChI=1S/H5NO2Si2/c1-5(2)3-4/h1H2,4H3. The smallest absolute Gasteiger partial charge is 0.573 e. The van der Waals surface area contributed by atoms with E-state index in [1.54, 1.807) is 0 Å². The number of hydrogen-bond donors (Lipinski definition) is 1. The van der Waals surface area contributed by atoms with Crippen molar-refractivity contribution in [1.29, 1.82) is 0 Å². The van der Waals surface area contributed by atoms with Crippen LogP contribution in [-0.4, -0.2) is 19.6 Å². The van der Waals surface area contributed by atoms with Crippen molar-refractivity contribution >= 4 is 19.6 Å². The van der Waals surface area contributed by atoms with Crippen molar-refractivity contribution < 1.29 is 8.58 Å². The van der Waals surface area contributed by atoms with Gasteiger partial charge in [-0.25, -0.2) is 0 Å². The van der Waals surface area contributed by atoms with Gasteiger partial charge in [-0.2, -0.15) is 0 Å². The molecule has 0 unspecified atom stereocenters. The van der Waals surface area contributed by atoms with Crippen LogP contribution in [0, 0.1) is 0 Å². The molecule has 0 atom stereocenters. The summed E-state index contributed by atoms with van der Waals surface area (Å²) >= 11 is 0. The fraction of sp³-hybridized carbons (Fsp3) is 0. The second-order valence-electron chi connectivity index (χ2n) is 0.523. The molecule has 30 valence electrons. The Morgan fingerprint density at radius 1 is 2.00 bits per heavy atom. The Balaban J connectivity index is 2.85. The molecule has 0 heterocycles. The highest BCUT2D eigenvalue weighted by Crippen LogP contribution is 1.42. The maximum Gasteiger partial charge on any atom is 0.617 e. The van der Waals surface area contributed by atoms with Crippen LogP contribution in [0.3, 0.4) is 0 Å². The highest BCUT2D eigenvalue weighted by Gasteiger charge is 1.85. The molecule has 0 aromatic heterocycles. The van der Waals surface area contributed by atoms with E-state index in [-0.39, 0.29) is 0 Å². The highest BCUT2D eigenvalue weighted by atomic mass is 28.3. The zero-order valence-corrected chi connectivity index (χ0v) is 5.89. The van der Waals surface area contributed by atoms with Crippen molar-refractivity contribution in [2.75, 3.05) is 0 Å². The molecule has 0 saturated heterocycles. The van der Waals surface area contributed by atoms with Gasteiger partial charge in [0.1, 0.15) is 0 Å². The Hall–Kier alpha value is -0.166. The van der Waals surface area contributed by atoms with Crippen molar-refractivity contribution in [3.8, 4) is 0 Å². The van der Waals surface area contributed by atoms with Gasteiger partial charge in [-0.3, -0.25) is 0 Å². The normalized spacial score (nSPS) is 7.20. The van der Waals surface area contributed by atoms with E-state index in [1.807, 2.05) is 0 Å². The molecule has 0 radical (unpaired) electrons. The average molecular weight is 107 g/mol. The van der Waals surface area contributed by atoms with Crippen LogP contribution in [-0.2, 0) is 8.58 Å².